The Morgan fingerprint density at radius 2 is 1.81 bits per heavy atom. The molecule has 1 fully saturated rings. The molecule has 1 unspecified atom stereocenters. The van der Waals surface area contributed by atoms with E-state index in [0.717, 1.165) is 16.7 Å². The number of fused-ring (bicyclic) bond motifs is 3. The molecular weight excluding hydrogens is 410 g/mol. The first kappa shape index (κ1) is 21.4. The molecule has 2 aliphatic heterocycles. The van der Waals surface area contributed by atoms with Gasteiger partial charge < -0.3 is 15.5 Å². The van der Waals surface area contributed by atoms with Crippen molar-refractivity contribution < 1.29 is 14.4 Å². The van der Waals surface area contributed by atoms with Crippen molar-refractivity contribution in [2.75, 3.05) is 0 Å². The number of nitrogens with one attached hydrogen (secondary N) is 2. The van der Waals surface area contributed by atoms with Gasteiger partial charge in [-0.1, -0.05) is 48.0 Å². The van der Waals surface area contributed by atoms with Crippen molar-refractivity contribution in [3.05, 3.63) is 70.8 Å². The Balaban J connectivity index is 1.43. The van der Waals surface area contributed by atoms with Gasteiger partial charge in [-0.25, -0.2) is 0 Å². The number of thioether (sulfide) groups is 1. The Hall–Kier alpha value is -2.80. The van der Waals surface area contributed by atoms with E-state index in [4.69, 9.17) is 0 Å². The van der Waals surface area contributed by atoms with E-state index in [1.54, 1.807) is 29.7 Å². The molecular formula is C24H27N3O3S. The lowest BCUT2D eigenvalue weighted by molar-refractivity contribution is -0.131. The molecule has 7 heteroatoms. The van der Waals surface area contributed by atoms with Crippen LogP contribution in [0.1, 0.15) is 53.2 Å². The Morgan fingerprint density at radius 3 is 2.52 bits per heavy atom. The van der Waals surface area contributed by atoms with Gasteiger partial charge in [0.05, 0.1) is 0 Å². The highest BCUT2D eigenvalue weighted by Crippen LogP contribution is 2.56. The summed E-state index contributed by atoms with van der Waals surface area (Å²) in [6, 6.07) is 14.1. The zero-order valence-electron chi connectivity index (χ0n) is 18.1. The van der Waals surface area contributed by atoms with E-state index in [-0.39, 0.29) is 23.1 Å². The first-order valence-corrected chi connectivity index (χ1v) is 11.3. The monoisotopic (exact) mass is 437 g/mol. The smallest absolute Gasteiger partial charge is 0.256 e. The first-order valence-electron chi connectivity index (χ1n) is 10.4. The summed E-state index contributed by atoms with van der Waals surface area (Å²) in [4.78, 5) is 40.5. The predicted molar refractivity (Wildman–Crippen MR) is 121 cm³/mol. The summed E-state index contributed by atoms with van der Waals surface area (Å²) in [5.74, 6) is -0.695. The SMILES string of the molecule is Cc1ccc(CNC(=O)[C@H](C)NC(=O)[C@H]2N3C(=O)c4ccccc4C3SC2(C)C)cc1. The van der Waals surface area contributed by atoms with Gasteiger partial charge in [0.1, 0.15) is 17.5 Å². The largest absolute Gasteiger partial charge is 0.350 e. The molecule has 2 aromatic carbocycles. The molecule has 31 heavy (non-hydrogen) atoms. The van der Waals surface area contributed by atoms with Gasteiger partial charge in [0.2, 0.25) is 11.8 Å². The second-order valence-electron chi connectivity index (χ2n) is 8.71. The summed E-state index contributed by atoms with van der Waals surface area (Å²) in [6.07, 6.45) is 0. The maximum absolute atomic E-state index is 13.2. The molecule has 2 heterocycles. The number of amides is 3. The minimum Gasteiger partial charge on any atom is -0.350 e. The number of nitrogens with zero attached hydrogens (tertiary/aromatic N) is 1. The van der Waals surface area contributed by atoms with Crippen LogP contribution in [-0.4, -0.2) is 39.5 Å². The lowest BCUT2D eigenvalue weighted by Gasteiger charge is -2.30. The van der Waals surface area contributed by atoms with Crippen LogP contribution in [0.15, 0.2) is 48.5 Å². The van der Waals surface area contributed by atoms with Crippen LogP contribution in [-0.2, 0) is 16.1 Å². The van der Waals surface area contributed by atoms with Crippen molar-refractivity contribution in [1.82, 2.24) is 15.5 Å². The average molecular weight is 438 g/mol. The Labute approximate surface area is 186 Å². The van der Waals surface area contributed by atoms with Crippen molar-refractivity contribution in [3.63, 3.8) is 0 Å². The topological polar surface area (TPSA) is 78.5 Å². The Kier molecular flexibility index (Phi) is 5.56. The van der Waals surface area contributed by atoms with Crippen molar-refractivity contribution >= 4 is 29.5 Å². The summed E-state index contributed by atoms with van der Waals surface area (Å²) < 4.78 is -0.476. The van der Waals surface area contributed by atoms with Gasteiger partial charge in [0, 0.05) is 16.9 Å². The quantitative estimate of drug-likeness (QED) is 0.753. The third-order valence-electron chi connectivity index (χ3n) is 5.88. The molecule has 2 aromatic rings. The number of carbonyl (C=O) groups excluding carboxylic acids is 3. The van der Waals surface area contributed by atoms with Gasteiger partial charge >= 0.3 is 0 Å². The van der Waals surface area contributed by atoms with Crippen molar-refractivity contribution in [2.24, 2.45) is 0 Å². The van der Waals surface area contributed by atoms with Crippen LogP contribution in [0.3, 0.4) is 0 Å². The van der Waals surface area contributed by atoms with E-state index in [9.17, 15) is 14.4 Å². The van der Waals surface area contributed by atoms with Crippen LogP contribution in [0.2, 0.25) is 0 Å². The molecule has 0 spiro atoms. The zero-order valence-corrected chi connectivity index (χ0v) is 19.0. The second kappa shape index (κ2) is 8.04. The average Bonchev–Trinajstić information content (AvgIpc) is 3.16. The third-order valence-corrected chi connectivity index (χ3v) is 7.42. The van der Waals surface area contributed by atoms with Gasteiger partial charge in [0.15, 0.2) is 0 Å². The summed E-state index contributed by atoms with van der Waals surface area (Å²) >= 11 is 1.61. The molecule has 162 valence electrons. The van der Waals surface area contributed by atoms with E-state index in [1.165, 1.54) is 0 Å². The van der Waals surface area contributed by atoms with Crippen molar-refractivity contribution in [2.45, 2.75) is 56.4 Å². The zero-order chi connectivity index (χ0) is 22.3. The fourth-order valence-electron chi connectivity index (χ4n) is 4.21. The molecule has 0 radical (unpaired) electrons. The van der Waals surface area contributed by atoms with E-state index in [0.29, 0.717) is 12.1 Å². The number of aryl methyl sites for hydroxylation is 1. The first-order chi connectivity index (χ1) is 14.7. The summed E-state index contributed by atoms with van der Waals surface area (Å²) in [5.41, 5.74) is 3.75. The van der Waals surface area contributed by atoms with E-state index in [2.05, 4.69) is 10.6 Å². The molecule has 3 atom stereocenters. The summed E-state index contributed by atoms with van der Waals surface area (Å²) in [7, 11) is 0. The predicted octanol–water partition coefficient (Wildman–Crippen LogP) is 3.16. The number of rotatable bonds is 5. The molecule has 2 N–H and O–H groups in total. The van der Waals surface area contributed by atoms with Crippen LogP contribution in [0, 0.1) is 6.92 Å². The number of benzene rings is 2. The van der Waals surface area contributed by atoms with E-state index >= 15 is 0 Å². The fourth-order valence-corrected chi connectivity index (χ4v) is 5.80. The van der Waals surface area contributed by atoms with Crippen LogP contribution < -0.4 is 10.6 Å². The number of hydrogen-bond acceptors (Lipinski definition) is 4. The van der Waals surface area contributed by atoms with Gasteiger partial charge in [0.25, 0.3) is 5.91 Å². The Bertz CT molecular complexity index is 1030. The maximum Gasteiger partial charge on any atom is 0.256 e. The minimum absolute atomic E-state index is 0.129. The molecule has 6 nitrogen and oxygen atoms in total. The fraction of sp³-hybridized carbons (Fsp3) is 0.375. The van der Waals surface area contributed by atoms with Crippen LogP contribution >= 0.6 is 11.8 Å². The standard InChI is InChI=1S/C24H27N3O3S/c1-14-9-11-16(12-10-14)13-25-20(28)15(2)26-21(29)19-24(3,4)31-23-18-8-6-5-7-17(18)22(30)27(19)23/h5-12,15,19,23H,13H2,1-4H3,(H,25,28)(H,26,29)/t15-,19+,23?/m0/s1. The van der Waals surface area contributed by atoms with Crippen molar-refractivity contribution in [3.8, 4) is 0 Å². The molecule has 0 aliphatic carbocycles. The molecule has 0 bridgehead atoms. The summed E-state index contributed by atoms with van der Waals surface area (Å²) in [6.45, 7) is 8.01. The highest BCUT2D eigenvalue weighted by molar-refractivity contribution is 8.01. The summed E-state index contributed by atoms with van der Waals surface area (Å²) in [5, 5.41) is 5.51. The van der Waals surface area contributed by atoms with Gasteiger partial charge in [-0.05, 0) is 44.9 Å². The van der Waals surface area contributed by atoms with E-state index in [1.807, 2.05) is 63.2 Å². The minimum atomic E-state index is -0.710. The molecule has 3 amide bonds. The number of carbonyl (C=O) groups is 3. The maximum atomic E-state index is 13.2. The molecule has 1 saturated heterocycles. The molecule has 4 rings (SSSR count). The van der Waals surface area contributed by atoms with Gasteiger partial charge in [-0.3, -0.25) is 14.4 Å². The van der Waals surface area contributed by atoms with Gasteiger partial charge in [-0.2, -0.15) is 0 Å². The second-order valence-corrected chi connectivity index (χ2v) is 10.4. The Morgan fingerprint density at radius 1 is 1.13 bits per heavy atom. The van der Waals surface area contributed by atoms with Crippen LogP contribution in [0.5, 0.6) is 0 Å². The normalized spacial score (nSPS) is 21.9. The molecule has 0 aromatic heterocycles. The lowest BCUT2D eigenvalue weighted by atomic mass is 10.0. The molecule has 0 saturated carbocycles. The van der Waals surface area contributed by atoms with Gasteiger partial charge in [-0.15, -0.1) is 11.8 Å². The highest BCUT2D eigenvalue weighted by atomic mass is 32.2. The third kappa shape index (κ3) is 3.94. The highest BCUT2D eigenvalue weighted by Gasteiger charge is 2.57. The lowest BCUT2D eigenvalue weighted by Crippen LogP contribution is -2.56. The van der Waals surface area contributed by atoms with Crippen molar-refractivity contribution in [1.29, 1.82) is 0 Å². The molecule has 2 aliphatic rings. The number of hydrogen-bond donors (Lipinski definition) is 2. The van der Waals surface area contributed by atoms with E-state index < -0.39 is 16.8 Å². The van der Waals surface area contributed by atoms with Crippen LogP contribution in [0.25, 0.3) is 0 Å². The van der Waals surface area contributed by atoms with Crippen LogP contribution in [0.4, 0.5) is 0 Å².